The Kier molecular flexibility index (Phi) is 8.24. The summed E-state index contributed by atoms with van der Waals surface area (Å²) in [5.41, 5.74) is 1.52. The topological polar surface area (TPSA) is 87.7 Å². The molecule has 2 N–H and O–H groups in total. The quantitative estimate of drug-likeness (QED) is 0.520. The lowest BCUT2D eigenvalue weighted by Crippen LogP contribution is -2.41. The van der Waals surface area contributed by atoms with Crippen LogP contribution in [0, 0.1) is 0 Å². The summed E-state index contributed by atoms with van der Waals surface area (Å²) in [6, 6.07) is 0. The third kappa shape index (κ3) is 5.77. The van der Waals surface area contributed by atoms with Gasteiger partial charge in [-0.25, -0.2) is 4.79 Å². The number of nitrogens with zero attached hydrogens (tertiary/aromatic N) is 1. The Bertz CT molecular complexity index is 687. The van der Waals surface area contributed by atoms with Gasteiger partial charge in [-0.05, 0) is 44.7 Å². The number of thiophene rings is 1. The molecule has 2 amide bonds. The number of esters is 1. The molecule has 1 aliphatic rings. The standard InChI is InChI=1S/C19H29N3O4S/c1-4-20-15(23)11-22(5-2)12-16(24)21-18-17(19(25)26-3)13-9-7-6-8-10-14(13)27-18/h4-12H2,1-3H3,(H,20,23)(H,21,24). The average molecular weight is 396 g/mol. The number of rotatable bonds is 8. The van der Waals surface area contributed by atoms with Crippen LogP contribution in [-0.2, 0) is 27.2 Å². The van der Waals surface area contributed by atoms with Crippen LogP contribution < -0.4 is 10.6 Å². The maximum atomic E-state index is 12.5. The van der Waals surface area contributed by atoms with E-state index in [2.05, 4.69) is 10.6 Å². The molecule has 0 atom stereocenters. The molecule has 0 saturated carbocycles. The maximum Gasteiger partial charge on any atom is 0.341 e. The van der Waals surface area contributed by atoms with E-state index in [1.165, 1.54) is 18.4 Å². The SMILES string of the molecule is CCNC(=O)CN(CC)CC(=O)Nc1sc2c(c1C(=O)OC)CCCCC2. The Labute approximate surface area is 164 Å². The molecule has 0 unspecified atom stereocenters. The first-order valence-corrected chi connectivity index (χ1v) is 10.3. The minimum absolute atomic E-state index is 0.0941. The monoisotopic (exact) mass is 395 g/mol. The van der Waals surface area contributed by atoms with Gasteiger partial charge >= 0.3 is 5.97 Å². The third-order valence-electron chi connectivity index (χ3n) is 4.62. The fourth-order valence-electron chi connectivity index (χ4n) is 3.25. The van der Waals surface area contributed by atoms with Crippen LogP contribution in [0.5, 0.6) is 0 Å². The van der Waals surface area contributed by atoms with E-state index in [9.17, 15) is 14.4 Å². The van der Waals surface area contributed by atoms with Crippen molar-refractivity contribution in [3.63, 3.8) is 0 Å². The van der Waals surface area contributed by atoms with E-state index in [4.69, 9.17) is 4.74 Å². The number of fused-ring (bicyclic) bond motifs is 1. The van der Waals surface area contributed by atoms with Gasteiger partial charge in [0.25, 0.3) is 0 Å². The van der Waals surface area contributed by atoms with Crippen LogP contribution in [0.3, 0.4) is 0 Å². The Hall–Kier alpha value is -1.93. The smallest absolute Gasteiger partial charge is 0.341 e. The molecule has 0 spiro atoms. The third-order valence-corrected chi connectivity index (χ3v) is 5.83. The highest BCUT2D eigenvalue weighted by molar-refractivity contribution is 7.17. The van der Waals surface area contributed by atoms with Crippen molar-refractivity contribution in [1.29, 1.82) is 0 Å². The highest BCUT2D eigenvalue weighted by Gasteiger charge is 2.26. The number of likely N-dealkylation sites (N-methyl/N-ethyl adjacent to an activating group) is 2. The van der Waals surface area contributed by atoms with Gasteiger partial charge in [0.1, 0.15) is 5.00 Å². The lowest BCUT2D eigenvalue weighted by atomic mass is 10.1. The van der Waals surface area contributed by atoms with Gasteiger partial charge in [0, 0.05) is 11.4 Å². The van der Waals surface area contributed by atoms with Crippen molar-refractivity contribution in [3.8, 4) is 0 Å². The van der Waals surface area contributed by atoms with Crippen molar-refractivity contribution < 1.29 is 19.1 Å². The van der Waals surface area contributed by atoms with Gasteiger partial charge in [0.05, 0.1) is 25.8 Å². The molecular weight excluding hydrogens is 366 g/mol. The van der Waals surface area contributed by atoms with Crippen molar-refractivity contribution in [2.45, 2.75) is 46.0 Å². The number of nitrogens with one attached hydrogen (secondary N) is 2. The summed E-state index contributed by atoms with van der Waals surface area (Å²) in [5, 5.41) is 6.17. The van der Waals surface area contributed by atoms with E-state index in [0.717, 1.165) is 42.5 Å². The van der Waals surface area contributed by atoms with E-state index >= 15 is 0 Å². The van der Waals surface area contributed by atoms with Crippen molar-refractivity contribution in [3.05, 3.63) is 16.0 Å². The number of anilines is 1. The molecule has 27 heavy (non-hydrogen) atoms. The highest BCUT2D eigenvalue weighted by atomic mass is 32.1. The fraction of sp³-hybridized carbons (Fsp3) is 0.632. The number of aryl methyl sites for hydroxylation is 1. The van der Waals surface area contributed by atoms with Crippen LogP contribution in [0.2, 0.25) is 0 Å². The van der Waals surface area contributed by atoms with Crippen LogP contribution in [0.25, 0.3) is 0 Å². The first-order valence-electron chi connectivity index (χ1n) is 9.51. The van der Waals surface area contributed by atoms with Crippen LogP contribution in [0.15, 0.2) is 0 Å². The predicted octanol–water partition coefficient (Wildman–Crippen LogP) is 2.20. The fourth-order valence-corrected chi connectivity index (χ4v) is 4.55. The minimum Gasteiger partial charge on any atom is -0.465 e. The van der Waals surface area contributed by atoms with Crippen molar-refractivity contribution in [2.24, 2.45) is 0 Å². The lowest BCUT2D eigenvalue weighted by Gasteiger charge is -2.19. The normalized spacial score (nSPS) is 13.6. The minimum atomic E-state index is -0.403. The van der Waals surface area contributed by atoms with Gasteiger partial charge in [0.15, 0.2) is 0 Å². The Morgan fingerprint density at radius 2 is 1.78 bits per heavy atom. The second kappa shape index (κ2) is 10.4. The summed E-state index contributed by atoms with van der Waals surface area (Å²) >= 11 is 1.47. The van der Waals surface area contributed by atoms with Gasteiger partial charge in [-0.2, -0.15) is 0 Å². The first-order chi connectivity index (χ1) is 13.0. The Morgan fingerprint density at radius 1 is 1.07 bits per heavy atom. The number of amides is 2. The molecule has 0 aromatic carbocycles. The molecule has 0 fully saturated rings. The predicted molar refractivity (Wildman–Crippen MR) is 106 cm³/mol. The van der Waals surface area contributed by atoms with E-state index in [-0.39, 0.29) is 24.9 Å². The molecule has 8 heteroatoms. The van der Waals surface area contributed by atoms with E-state index in [0.29, 0.717) is 23.7 Å². The van der Waals surface area contributed by atoms with Crippen molar-refractivity contribution in [2.75, 3.05) is 38.6 Å². The number of ether oxygens (including phenoxy) is 1. The summed E-state index contributed by atoms with van der Waals surface area (Å²) < 4.78 is 4.96. The zero-order valence-corrected chi connectivity index (χ0v) is 17.2. The highest BCUT2D eigenvalue weighted by Crippen LogP contribution is 2.37. The van der Waals surface area contributed by atoms with Crippen LogP contribution in [-0.4, -0.2) is 56.0 Å². The van der Waals surface area contributed by atoms with E-state index in [1.807, 2.05) is 13.8 Å². The summed E-state index contributed by atoms with van der Waals surface area (Å²) in [6.45, 7) is 5.16. The number of methoxy groups -OCH3 is 1. The maximum absolute atomic E-state index is 12.5. The second-order valence-corrected chi connectivity index (χ2v) is 7.67. The first kappa shape index (κ1) is 21.4. The van der Waals surface area contributed by atoms with Gasteiger partial charge in [0.2, 0.25) is 11.8 Å². The molecule has 7 nitrogen and oxygen atoms in total. The van der Waals surface area contributed by atoms with Crippen molar-refractivity contribution >= 4 is 34.1 Å². The second-order valence-electron chi connectivity index (χ2n) is 6.57. The van der Waals surface area contributed by atoms with Crippen molar-refractivity contribution in [1.82, 2.24) is 10.2 Å². The van der Waals surface area contributed by atoms with Crippen LogP contribution >= 0.6 is 11.3 Å². The number of carbonyl (C=O) groups is 3. The summed E-state index contributed by atoms with van der Waals surface area (Å²) in [7, 11) is 1.36. The summed E-state index contributed by atoms with van der Waals surface area (Å²) in [5.74, 6) is -0.743. The molecular formula is C19H29N3O4S. The van der Waals surface area contributed by atoms with Gasteiger partial charge in [-0.3, -0.25) is 14.5 Å². The van der Waals surface area contributed by atoms with Crippen LogP contribution in [0.4, 0.5) is 5.00 Å². The largest absolute Gasteiger partial charge is 0.465 e. The zero-order valence-electron chi connectivity index (χ0n) is 16.4. The van der Waals surface area contributed by atoms with Crippen LogP contribution in [0.1, 0.15) is 53.9 Å². The Morgan fingerprint density at radius 3 is 2.44 bits per heavy atom. The molecule has 0 aliphatic heterocycles. The molecule has 2 rings (SSSR count). The molecule has 1 aliphatic carbocycles. The number of hydrogen-bond acceptors (Lipinski definition) is 6. The lowest BCUT2D eigenvalue weighted by molar-refractivity contribution is -0.123. The zero-order chi connectivity index (χ0) is 19.8. The molecule has 0 saturated heterocycles. The number of carbonyl (C=O) groups excluding carboxylic acids is 3. The molecule has 150 valence electrons. The van der Waals surface area contributed by atoms with E-state index in [1.54, 1.807) is 4.90 Å². The summed E-state index contributed by atoms with van der Waals surface area (Å²) in [6.07, 6.45) is 5.05. The molecule has 1 aromatic rings. The van der Waals surface area contributed by atoms with Gasteiger partial charge < -0.3 is 15.4 Å². The average Bonchev–Trinajstić information content (AvgIpc) is 2.81. The van der Waals surface area contributed by atoms with Gasteiger partial charge in [-0.15, -0.1) is 11.3 Å². The molecule has 0 radical (unpaired) electrons. The molecule has 1 heterocycles. The Balaban J connectivity index is 2.12. The summed E-state index contributed by atoms with van der Waals surface area (Å²) in [4.78, 5) is 39.5. The van der Waals surface area contributed by atoms with Gasteiger partial charge in [-0.1, -0.05) is 13.3 Å². The number of hydrogen-bond donors (Lipinski definition) is 2. The molecule has 0 bridgehead atoms. The molecule has 1 aromatic heterocycles. The van der Waals surface area contributed by atoms with E-state index < -0.39 is 5.97 Å².